The number of nitrogens with zero attached hydrogens (tertiary/aromatic N) is 2. The molecule has 1 aliphatic rings. The van der Waals surface area contributed by atoms with E-state index in [9.17, 15) is 4.79 Å². The van der Waals surface area contributed by atoms with Crippen LogP contribution in [-0.2, 0) is 13.0 Å². The molecule has 0 saturated heterocycles. The molecule has 0 unspecified atom stereocenters. The molecule has 3 rings (SSSR count). The smallest absolute Gasteiger partial charge is 0.255 e. The van der Waals surface area contributed by atoms with Crippen molar-refractivity contribution in [3.8, 4) is 0 Å². The van der Waals surface area contributed by atoms with E-state index in [-0.39, 0.29) is 5.91 Å². The molecule has 0 aliphatic carbocycles. The maximum atomic E-state index is 12.4. The van der Waals surface area contributed by atoms with Crippen molar-refractivity contribution in [1.29, 1.82) is 0 Å². The van der Waals surface area contributed by atoms with E-state index in [2.05, 4.69) is 17.1 Å². The minimum atomic E-state index is -0.0260. The average molecular weight is 273 g/mol. The summed E-state index contributed by atoms with van der Waals surface area (Å²) in [6.07, 6.45) is 3.99. The third-order valence-corrected chi connectivity index (χ3v) is 3.72. The molecular weight excluding hydrogens is 260 g/mol. The molecule has 0 spiro atoms. The second-order valence-electron chi connectivity index (χ2n) is 4.60. The molecular formula is C15H13ClN2O. The summed E-state index contributed by atoms with van der Waals surface area (Å²) in [4.78, 5) is 18.2. The van der Waals surface area contributed by atoms with Crippen molar-refractivity contribution in [3.05, 3.63) is 64.4 Å². The first kappa shape index (κ1) is 12.2. The molecule has 1 aromatic heterocycles. The molecule has 1 amide bonds. The summed E-state index contributed by atoms with van der Waals surface area (Å²) in [6, 6.07) is 9.91. The fraction of sp³-hybridized carbons (Fsp3) is 0.200. The number of fused-ring (bicyclic) bond motifs is 1. The molecule has 2 aromatic rings. The van der Waals surface area contributed by atoms with Gasteiger partial charge in [-0.25, -0.2) is 0 Å². The van der Waals surface area contributed by atoms with Crippen LogP contribution in [0.15, 0.2) is 42.7 Å². The Labute approximate surface area is 116 Å². The van der Waals surface area contributed by atoms with Crippen molar-refractivity contribution in [1.82, 2.24) is 9.88 Å². The van der Waals surface area contributed by atoms with Crippen LogP contribution in [-0.4, -0.2) is 22.3 Å². The zero-order valence-corrected chi connectivity index (χ0v) is 11.1. The van der Waals surface area contributed by atoms with Gasteiger partial charge < -0.3 is 4.90 Å². The second-order valence-corrected chi connectivity index (χ2v) is 5.01. The van der Waals surface area contributed by atoms with Gasteiger partial charge in [-0.05, 0) is 23.6 Å². The number of halogens is 1. The SMILES string of the molecule is O=C(c1ccncc1Cl)N1CCc2ccccc2C1. The molecule has 0 bridgehead atoms. The number of hydrogen-bond acceptors (Lipinski definition) is 2. The van der Waals surface area contributed by atoms with Gasteiger partial charge in [0, 0.05) is 25.5 Å². The third kappa shape index (κ3) is 2.34. The van der Waals surface area contributed by atoms with Crippen LogP contribution in [0.3, 0.4) is 0 Å². The van der Waals surface area contributed by atoms with E-state index < -0.39 is 0 Å². The monoisotopic (exact) mass is 272 g/mol. The summed E-state index contributed by atoms with van der Waals surface area (Å²) in [6.45, 7) is 1.38. The predicted molar refractivity (Wildman–Crippen MR) is 74.1 cm³/mol. The summed E-state index contributed by atoms with van der Waals surface area (Å²) in [7, 11) is 0. The van der Waals surface area contributed by atoms with Crippen molar-refractivity contribution in [3.63, 3.8) is 0 Å². The normalized spacial score (nSPS) is 14.1. The molecule has 3 nitrogen and oxygen atoms in total. The van der Waals surface area contributed by atoms with Crippen LogP contribution < -0.4 is 0 Å². The fourth-order valence-corrected chi connectivity index (χ4v) is 2.59. The Kier molecular flexibility index (Phi) is 3.22. The van der Waals surface area contributed by atoms with Crippen molar-refractivity contribution in [2.75, 3.05) is 6.54 Å². The van der Waals surface area contributed by atoms with Crippen LogP contribution >= 0.6 is 11.6 Å². The number of hydrogen-bond donors (Lipinski definition) is 0. The number of carbonyl (C=O) groups is 1. The van der Waals surface area contributed by atoms with Crippen LogP contribution in [0.25, 0.3) is 0 Å². The van der Waals surface area contributed by atoms with E-state index in [4.69, 9.17) is 11.6 Å². The van der Waals surface area contributed by atoms with E-state index in [1.807, 2.05) is 17.0 Å². The highest BCUT2D eigenvalue weighted by molar-refractivity contribution is 6.33. The summed E-state index contributed by atoms with van der Waals surface area (Å²) >= 11 is 6.03. The third-order valence-electron chi connectivity index (χ3n) is 3.42. The van der Waals surface area contributed by atoms with Gasteiger partial charge in [-0.3, -0.25) is 9.78 Å². The van der Waals surface area contributed by atoms with Crippen molar-refractivity contribution in [2.24, 2.45) is 0 Å². The number of carbonyl (C=O) groups excluding carboxylic acids is 1. The lowest BCUT2D eigenvalue weighted by Crippen LogP contribution is -2.36. The summed E-state index contributed by atoms with van der Waals surface area (Å²) in [5.41, 5.74) is 3.07. The minimum Gasteiger partial charge on any atom is -0.334 e. The van der Waals surface area contributed by atoms with E-state index >= 15 is 0 Å². The Balaban J connectivity index is 1.86. The topological polar surface area (TPSA) is 33.2 Å². The maximum Gasteiger partial charge on any atom is 0.255 e. The van der Waals surface area contributed by atoms with Gasteiger partial charge in [-0.1, -0.05) is 35.9 Å². The van der Waals surface area contributed by atoms with Crippen molar-refractivity contribution in [2.45, 2.75) is 13.0 Å². The second kappa shape index (κ2) is 5.02. The lowest BCUT2D eigenvalue weighted by atomic mass is 9.99. The fourth-order valence-electron chi connectivity index (χ4n) is 2.39. The summed E-state index contributed by atoms with van der Waals surface area (Å²) < 4.78 is 0. The highest BCUT2D eigenvalue weighted by Crippen LogP contribution is 2.22. The number of benzene rings is 1. The molecule has 0 saturated carbocycles. The van der Waals surface area contributed by atoms with Gasteiger partial charge in [0.05, 0.1) is 10.6 Å². The van der Waals surface area contributed by atoms with Crippen LogP contribution in [0.5, 0.6) is 0 Å². The minimum absolute atomic E-state index is 0.0260. The highest BCUT2D eigenvalue weighted by Gasteiger charge is 2.22. The number of amides is 1. The van der Waals surface area contributed by atoms with Gasteiger partial charge in [0.25, 0.3) is 5.91 Å². The van der Waals surface area contributed by atoms with Crippen LogP contribution in [0.2, 0.25) is 5.02 Å². The Bertz CT molecular complexity index is 627. The molecule has 0 radical (unpaired) electrons. The largest absolute Gasteiger partial charge is 0.334 e. The zero-order valence-electron chi connectivity index (χ0n) is 10.3. The quantitative estimate of drug-likeness (QED) is 0.800. The Morgan fingerprint density at radius 2 is 2.00 bits per heavy atom. The average Bonchev–Trinajstić information content (AvgIpc) is 2.46. The molecule has 1 aromatic carbocycles. The lowest BCUT2D eigenvalue weighted by Gasteiger charge is -2.29. The van der Waals surface area contributed by atoms with Crippen LogP contribution in [0, 0.1) is 0 Å². The van der Waals surface area contributed by atoms with Gasteiger partial charge in [-0.2, -0.15) is 0 Å². The Morgan fingerprint density at radius 1 is 1.21 bits per heavy atom. The predicted octanol–water partition coefficient (Wildman–Crippen LogP) is 2.93. The molecule has 2 heterocycles. The molecule has 0 N–H and O–H groups in total. The first-order valence-corrected chi connectivity index (χ1v) is 6.59. The van der Waals surface area contributed by atoms with Crippen LogP contribution in [0.1, 0.15) is 21.5 Å². The molecule has 0 atom stereocenters. The Morgan fingerprint density at radius 3 is 2.79 bits per heavy atom. The first-order chi connectivity index (χ1) is 9.25. The number of rotatable bonds is 1. The van der Waals surface area contributed by atoms with Gasteiger partial charge in [-0.15, -0.1) is 0 Å². The maximum absolute atomic E-state index is 12.4. The van der Waals surface area contributed by atoms with Crippen molar-refractivity contribution < 1.29 is 4.79 Å². The van der Waals surface area contributed by atoms with Gasteiger partial charge in [0.1, 0.15) is 0 Å². The van der Waals surface area contributed by atoms with Crippen molar-refractivity contribution >= 4 is 17.5 Å². The standard InChI is InChI=1S/C15H13ClN2O/c16-14-9-17-7-5-13(14)15(19)18-8-6-11-3-1-2-4-12(11)10-18/h1-5,7,9H,6,8,10H2. The molecule has 4 heteroatoms. The Hall–Kier alpha value is -1.87. The highest BCUT2D eigenvalue weighted by atomic mass is 35.5. The zero-order chi connectivity index (χ0) is 13.2. The summed E-state index contributed by atoms with van der Waals surface area (Å²) in [5.74, 6) is -0.0260. The molecule has 96 valence electrons. The molecule has 19 heavy (non-hydrogen) atoms. The van der Waals surface area contributed by atoms with E-state index in [1.165, 1.54) is 17.3 Å². The van der Waals surface area contributed by atoms with E-state index in [0.717, 1.165) is 13.0 Å². The van der Waals surface area contributed by atoms with E-state index in [1.54, 1.807) is 12.3 Å². The number of pyridine rings is 1. The van der Waals surface area contributed by atoms with Gasteiger partial charge >= 0.3 is 0 Å². The summed E-state index contributed by atoms with van der Waals surface area (Å²) in [5, 5.41) is 0.409. The van der Waals surface area contributed by atoms with E-state index in [0.29, 0.717) is 17.1 Å². The lowest BCUT2D eigenvalue weighted by molar-refractivity contribution is 0.0735. The van der Waals surface area contributed by atoms with Crippen LogP contribution in [0.4, 0.5) is 0 Å². The van der Waals surface area contributed by atoms with Gasteiger partial charge in [0.15, 0.2) is 0 Å². The number of aromatic nitrogens is 1. The molecule has 0 fully saturated rings. The first-order valence-electron chi connectivity index (χ1n) is 6.21. The molecule has 1 aliphatic heterocycles. The van der Waals surface area contributed by atoms with Gasteiger partial charge in [0.2, 0.25) is 0 Å².